The molecule has 5 nitrogen and oxygen atoms in total. The van der Waals surface area contributed by atoms with Crippen molar-refractivity contribution in [1.82, 2.24) is 4.98 Å². The standard InChI is InChI=1S/C19H18FN5/c1-13-10-19(15(11-21)14(2)23-13)25-8-6-24(7-9-25)18-5-3-4-17(20)16(18)12-22/h3-5,10H,6-9H2,1-2H3. The number of hydrogen-bond donors (Lipinski definition) is 0. The van der Waals surface area contributed by atoms with Gasteiger partial charge in [0.1, 0.15) is 23.5 Å². The van der Waals surface area contributed by atoms with E-state index < -0.39 is 5.82 Å². The third-order valence-electron chi connectivity index (χ3n) is 4.48. The van der Waals surface area contributed by atoms with Crippen LogP contribution in [0.4, 0.5) is 15.8 Å². The van der Waals surface area contributed by atoms with Crippen molar-refractivity contribution in [1.29, 1.82) is 10.5 Å². The van der Waals surface area contributed by atoms with Crippen molar-refractivity contribution in [2.45, 2.75) is 13.8 Å². The summed E-state index contributed by atoms with van der Waals surface area (Å²) < 4.78 is 13.8. The minimum absolute atomic E-state index is 0.0873. The van der Waals surface area contributed by atoms with Crippen LogP contribution in [0.25, 0.3) is 0 Å². The highest BCUT2D eigenvalue weighted by atomic mass is 19.1. The first-order valence-electron chi connectivity index (χ1n) is 8.12. The highest BCUT2D eigenvalue weighted by Gasteiger charge is 2.23. The van der Waals surface area contributed by atoms with Gasteiger partial charge in [-0.3, -0.25) is 4.98 Å². The van der Waals surface area contributed by atoms with E-state index in [2.05, 4.69) is 16.0 Å². The second-order valence-electron chi connectivity index (χ2n) is 6.07. The highest BCUT2D eigenvalue weighted by Crippen LogP contribution is 2.27. The summed E-state index contributed by atoms with van der Waals surface area (Å²) in [6, 6.07) is 10.8. The number of anilines is 2. The number of hydrogen-bond acceptors (Lipinski definition) is 5. The summed E-state index contributed by atoms with van der Waals surface area (Å²) in [5, 5.41) is 18.7. The maximum atomic E-state index is 13.8. The van der Waals surface area contributed by atoms with Gasteiger partial charge in [0.2, 0.25) is 0 Å². The van der Waals surface area contributed by atoms with Gasteiger partial charge in [-0.25, -0.2) is 4.39 Å². The van der Waals surface area contributed by atoms with Crippen molar-refractivity contribution >= 4 is 11.4 Å². The Morgan fingerprint density at radius 2 is 1.56 bits per heavy atom. The second kappa shape index (κ2) is 6.78. The summed E-state index contributed by atoms with van der Waals surface area (Å²) in [6.45, 7) is 6.46. The lowest BCUT2D eigenvalue weighted by Crippen LogP contribution is -2.47. The molecule has 25 heavy (non-hydrogen) atoms. The van der Waals surface area contributed by atoms with Crippen LogP contribution in [0.2, 0.25) is 0 Å². The van der Waals surface area contributed by atoms with Gasteiger partial charge in [-0.05, 0) is 32.0 Å². The number of aromatic nitrogens is 1. The highest BCUT2D eigenvalue weighted by molar-refractivity contribution is 5.64. The molecular formula is C19H18FN5. The lowest BCUT2D eigenvalue weighted by molar-refractivity contribution is 0.616. The molecule has 0 atom stereocenters. The van der Waals surface area contributed by atoms with Gasteiger partial charge in [0, 0.05) is 31.9 Å². The molecule has 1 aliphatic rings. The molecule has 3 rings (SSSR count). The van der Waals surface area contributed by atoms with Crippen molar-refractivity contribution in [2.24, 2.45) is 0 Å². The van der Waals surface area contributed by atoms with Gasteiger partial charge in [0.25, 0.3) is 0 Å². The molecule has 0 amide bonds. The number of rotatable bonds is 2. The molecule has 126 valence electrons. The molecule has 0 saturated carbocycles. The molecule has 0 bridgehead atoms. The number of pyridine rings is 1. The van der Waals surface area contributed by atoms with Crippen molar-refractivity contribution in [3.63, 3.8) is 0 Å². The van der Waals surface area contributed by atoms with Crippen LogP contribution in [0, 0.1) is 42.3 Å². The lowest BCUT2D eigenvalue weighted by Gasteiger charge is -2.38. The molecule has 6 heteroatoms. The lowest BCUT2D eigenvalue weighted by atomic mass is 10.1. The quantitative estimate of drug-likeness (QED) is 0.844. The smallest absolute Gasteiger partial charge is 0.143 e. The van der Waals surface area contributed by atoms with Gasteiger partial charge in [-0.15, -0.1) is 0 Å². The number of piperazine rings is 1. The van der Waals surface area contributed by atoms with Crippen LogP contribution in [0.1, 0.15) is 22.5 Å². The fourth-order valence-electron chi connectivity index (χ4n) is 3.27. The zero-order valence-corrected chi connectivity index (χ0v) is 14.3. The molecule has 1 aromatic heterocycles. The van der Waals surface area contributed by atoms with Gasteiger partial charge >= 0.3 is 0 Å². The Balaban J connectivity index is 1.84. The molecule has 0 spiro atoms. The summed E-state index contributed by atoms with van der Waals surface area (Å²) in [5.41, 5.74) is 3.83. The fourth-order valence-corrected chi connectivity index (χ4v) is 3.27. The van der Waals surface area contributed by atoms with Crippen molar-refractivity contribution in [2.75, 3.05) is 36.0 Å². The molecule has 2 aromatic rings. The largest absolute Gasteiger partial charge is 0.367 e. The predicted octanol–water partition coefficient (Wildman–Crippen LogP) is 2.91. The van der Waals surface area contributed by atoms with E-state index in [0.717, 1.165) is 17.1 Å². The Labute approximate surface area is 146 Å². The van der Waals surface area contributed by atoms with Gasteiger partial charge in [0.05, 0.1) is 22.6 Å². The molecule has 1 aromatic carbocycles. The first-order chi connectivity index (χ1) is 12.0. The fraction of sp³-hybridized carbons (Fsp3) is 0.316. The number of nitriles is 2. The van der Waals surface area contributed by atoms with Gasteiger partial charge in [-0.2, -0.15) is 10.5 Å². The number of aryl methyl sites for hydroxylation is 2. The van der Waals surface area contributed by atoms with Crippen LogP contribution in [-0.2, 0) is 0 Å². The summed E-state index contributed by atoms with van der Waals surface area (Å²) >= 11 is 0. The Morgan fingerprint density at radius 3 is 2.16 bits per heavy atom. The molecule has 1 fully saturated rings. The first kappa shape index (κ1) is 16.7. The molecule has 0 unspecified atom stereocenters. The van der Waals surface area contributed by atoms with E-state index in [0.29, 0.717) is 37.4 Å². The van der Waals surface area contributed by atoms with Gasteiger partial charge < -0.3 is 9.80 Å². The van der Waals surface area contributed by atoms with Crippen molar-refractivity contribution < 1.29 is 4.39 Å². The van der Waals surface area contributed by atoms with Gasteiger partial charge in [0.15, 0.2) is 0 Å². The summed E-state index contributed by atoms with van der Waals surface area (Å²) in [5.74, 6) is -0.491. The third-order valence-corrected chi connectivity index (χ3v) is 4.48. The van der Waals surface area contributed by atoms with Crippen molar-refractivity contribution in [3.8, 4) is 12.1 Å². The monoisotopic (exact) mass is 335 g/mol. The van der Waals surface area contributed by atoms with Crippen LogP contribution >= 0.6 is 0 Å². The topological polar surface area (TPSA) is 67.0 Å². The zero-order valence-electron chi connectivity index (χ0n) is 14.3. The molecule has 0 aliphatic carbocycles. The second-order valence-corrected chi connectivity index (χ2v) is 6.07. The number of nitrogens with zero attached hydrogens (tertiary/aromatic N) is 5. The Morgan fingerprint density at radius 1 is 0.960 bits per heavy atom. The maximum Gasteiger partial charge on any atom is 0.143 e. The van der Waals surface area contributed by atoms with Crippen molar-refractivity contribution in [3.05, 3.63) is 52.6 Å². The molecular weight excluding hydrogens is 317 g/mol. The summed E-state index contributed by atoms with van der Waals surface area (Å²) in [6.07, 6.45) is 0. The number of benzene rings is 1. The number of halogens is 1. The Hall–Kier alpha value is -3.12. The molecule has 2 heterocycles. The Kier molecular flexibility index (Phi) is 4.54. The Bertz CT molecular complexity index is 886. The third kappa shape index (κ3) is 3.12. The average molecular weight is 335 g/mol. The van der Waals surface area contributed by atoms with E-state index in [1.807, 2.05) is 30.9 Å². The van der Waals surface area contributed by atoms with Crippen LogP contribution in [0.5, 0.6) is 0 Å². The van der Waals surface area contributed by atoms with Crippen LogP contribution in [0.15, 0.2) is 24.3 Å². The van der Waals surface area contributed by atoms with Crippen LogP contribution < -0.4 is 9.80 Å². The SMILES string of the molecule is Cc1cc(N2CCN(c3cccc(F)c3C#N)CC2)c(C#N)c(C)n1. The first-order valence-corrected chi connectivity index (χ1v) is 8.12. The zero-order chi connectivity index (χ0) is 18.0. The molecule has 1 aliphatic heterocycles. The predicted molar refractivity (Wildman–Crippen MR) is 94.0 cm³/mol. The van der Waals surface area contributed by atoms with Crippen LogP contribution in [0.3, 0.4) is 0 Å². The van der Waals surface area contributed by atoms with E-state index in [-0.39, 0.29) is 5.56 Å². The van der Waals surface area contributed by atoms with Crippen LogP contribution in [-0.4, -0.2) is 31.2 Å². The van der Waals surface area contributed by atoms with E-state index in [1.54, 1.807) is 12.1 Å². The normalized spacial score (nSPS) is 14.1. The molecule has 0 radical (unpaired) electrons. The van der Waals surface area contributed by atoms with E-state index in [1.165, 1.54) is 6.07 Å². The van der Waals surface area contributed by atoms with E-state index >= 15 is 0 Å². The average Bonchev–Trinajstić information content (AvgIpc) is 2.61. The summed E-state index contributed by atoms with van der Waals surface area (Å²) in [4.78, 5) is 8.53. The molecule has 0 N–H and O–H groups in total. The molecule has 1 saturated heterocycles. The minimum Gasteiger partial charge on any atom is -0.367 e. The summed E-state index contributed by atoms with van der Waals surface area (Å²) in [7, 11) is 0. The maximum absolute atomic E-state index is 13.8. The van der Waals surface area contributed by atoms with Gasteiger partial charge in [-0.1, -0.05) is 6.07 Å². The van der Waals surface area contributed by atoms with E-state index in [9.17, 15) is 14.9 Å². The van der Waals surface area contributed by atoms with E-state index in [4.69, 9.17) is 0 Å². The minimum atomic E-state index is -0.491.